The van der Waals surface area contributed by atoms with Crippen molar-refractivity contribution < 1.29 is 14.7 Å². The molecule has 0 spiro atoms. The molecule has 0 bridgehead atoms. The van der Waals surface area contributed by atoms with Crippen LogP contribution in [-0.2, 0) is 0 Å². The van der Waals surface area contributed by atoms with Gasteiger partial charge in [-0.1, -0.05) is 18.2 Å². The van der Waals surface area contributed by atoms with Gasteiger partial charge < -0.3 is 5.11 Å². The van der Waals surface area contributed by atoms with Gasteiger partial charge in [0.05, 0.1) is 0 Å². The van der Waals surface area contributed by atoms with Gasteiger partial charge in [-0.3, -0.25) is 10.2 Å². The highest BCUT2D eigenvalue weighted by molar-refractivity contribution is 5.96. The molecule has 0 aromatic heterocycles. The summed E-state index contributed by atoms with van der Waals surface area (Å²) in [5.74, 6) is -0.432. The third-order valence-electron chi connectivity index (χ3n) is 1.95. The average molecular weight is 208 g/mol. The number of nitrogens with one attached hydrogen (secondary N) is 1. The van der Waals surface area contributed by atoms with E-state index in [-0.39, 0.29) is 0 Å². The number of nitrogens with zero attached hydrogens (tertiary/aromatic N) is 1. The summed E-state index contributed by atoms with van der Waals surface area (Å²) >= 11 is 0. The number of hydrogen-bond donors (Lipinski definition) is 2. The lowest BCUT2D eigenvalue weighted by molar-refractivity contribution is 0.0801. The van der Waals surface area contributed by atoms with Crippen LogP contribution in [0.1, 0.15) is 15.9 Å². The molecule has 0 heterocycles. The van der Waals surface area contributed by atoms with Crippen LogP contribution in [-0.4, -0.2) is 29.2 Å². The summed E-state index contributed by atoms with van der Waals surface area (Å²) in [5, 5.41) is 9.28. The summed E-state index contributed by atoms with van der Waals surface area (Å²) in [6.07, 6.45) is -1.21. The Balaban J connectivity index is 2.78. The van der Waals surface area contributed by atoms with Crippen molar-refractivity contribution in [2.45, 2.75) is 6.92 Å². The average Bonchev–Trinajstić information content (AvgIpc) is 2.18. The maximum absolute atomic E-state index is 11.6. The number of aryl methyl sites for hydroxylation is 1. The fourth-order valence-corrected chi connectivity index (χ4v) is 1.09. The minimum Gasteiger partial charge on any atom is -0.464 e. The van der Waals surface area contributed by atoms with Crippen LogP contribution in [0.4, 0.5) is 4.79 Å². The summed E-state index contributed by atoms with van der Waals surface area (Å²) in [4.78, 5) is 22.0. The number of rotatable bonds is 1. The number of hydrogen-bond acceptors (Lipinski definition) is 2. The van der Waals surface area contributed by atoms with E-state index in [9.17, 15) is 9.59 Å². The highest BCUT2D eigenvalue weighted by Gasteiger charge is 2.12. The van der Waals surface area contributed by atoms with Crippen LogP contribution in [0.25, 0.3) is 0 Å². The van der Waals surface area contributed by atoms with Gasteiger partial charge in [0.1, 0.15) is 0 Å². The summed E-state index contributed by atoms with van der Waals surface area (Å²) in [6.45, 7) is 1.79. The van der Waals surface area contributed by atoms with Crippen molar-refractivity contribution >= 4 is 12.0 Å². The molecule has 0 radical (unpaired) electrons. The lowest BCUT2D eigenvalue weighted by Gasteiger charge is -2.14. The second kappa shape index (κ2) is 4.45. The maximum atomic E-state index is 11.6. The van der Waals surface area contributed by atoms with E-state index in [4.69, 9.17) is 5.11 Å². The smallest absolute Gasteiger partial charge is 0.425 e. The van der Waals surface area contributed by atoms with Crippen molar-refractivity contribution in [3.8, 4) is 0 Å². The first-order valence-electron chi connectivity index (χ1n) is 4.35. The molecule has 0 atom stereocenters. The summed E-state index contributed by atoms with van der Waals surface area (Å²) < 4.78 is 0. The normalized spacial score (nSPS) is 9.47. The largest absolute Gasteiger partial charge is 0.464 e. The molecule has 5 nitrogen and oxygen atoms in total. The van der Waals surface area contributed by atoms with Crippen LogP contribution in [0.3, 0.4) is 0 Å². The summed E-state index contributed by atoms with van der Waals surface area (Å²) in [6, 6.07) is 6.96. The molecule has 0 unspecified atom stereocenters. The molecule has 2 N–H and O–H groups in total. The molecule has 0 saturated heterocycles. The maximum Gasteiger partial charge on any atom is 0.425 e. The molecule has 1 aromatic carbocycles. The van der Waals surface area contributed by atoms with Gasteiger partial charge in [0.2, 0.25) is 0 Å². The highest BCUT2D eigenvalue weighted by atomic mass is 16.4. The van der Waals surface area contributed by atoms with E-state index in [2.05, 4.69) is 5.43 Å². The Bertz CT molecular complexity index is 390. The van der Waals surface area contributed by atoms with E-state index in [0.717, 1.165) is 10.6 Å². The Morgan fingerprint density at radius 1 is 1.33 bits per heavy atom. The topological polar surface area (TPSA) is 69.6 Å². The van der Waals surface area contributed by atoms with E-state index < -0.39 is 12.0 Å². The standard InChI is InChI=1S/C10H12N2O3/c1-7-5-3-4-6-8(7)9(13)11-12(2)10(14)15/h3-6H,1-2H3,(H,11,13)(H,14,15). The predicted octanol–water partition coefficient (Wildman–Crippen LogP) is 1.25. The SMILES string of the molecule is Cc1ccccc1C(=O)NN(C)C(=O)O. The van der Waals surface area contributed by atoms with Crippen LogP contribution in [0.2, 0.25) is 0 Å². The minimum atomic E-state index is -1.21. The lowest BCUT2D eigenvalue weighted by atomic mass is 10.1. The minimum absolute atomic E-state index is 0.432. The zero-order chi connectivity index (χ0) is 11.4. The van der Waals surface area contributed by atoms with Gasteiger partial charge in [-0.25, -0.2) is 9.80 Å². The van der Waals surface area contributed by atoms with Crippen molar-refractivity contribution in [2.24, 2.45) is 0 Å². The predicted molar refractivity (Wildman–Crippen MR) is 54.4 cm³/mol. The molecule has 5 heteroatoms. The molecule has 0 fully saturated rings. The van der Waals surface area contributed by atoms with Crippen LogP contribution in [0.15, 0.2) is 24.3 Å². The van der Waals surface area contributed by atoms with Gasteiger partial charge in [-0.15, -0.1) is 0 Å². The van der Waals surface area contributed by atoms with Crippen molar-refractivity contribution in [1.82, 2.24) is 10.4 Å². The monoisotopic (exact) mass is 208 g/mol. The molecule has 1 aromatic rings. The van der Waals surface area contributed by atoms with Crippen LogP contribution in [0, 0.1) is 6.92 Å². The Morgan fingerprint density at radius 2 is 1.93 bits per heavy atom. The Labute approximate surface area is 87.3 Å². The third-order valence-corrected chi connectivity index (χ3v) is 1.95. The molecular weight excluding hydrogens is 196 g/mol. The third kappa shape index (κ3) is 2.70. The van der Waals surface area contributed by atoms with E-state index in [1.807, 2.05) is 6.07 Å². The van der Waals surface area contributed by atoms with Crippen LogP contribution >= 0.6 is 0 Å². The zero-order valence-electron chi connectivity index (χ0n) is 8.52. The van der Waals surface area contributed by atoms with Gasteiger partial charge in [0.15, 0.2) is 0 Å². The molecule has 0 saturated carbocycles. The number of benzene rings is 1. The van der Waals surface area contributed by atoms with E-state index >= 15 is 0 Å². The quantitative estimate of drug-likeness (QED) is 0.682. The highest BCUT2D eigenvalue weighted by Crippen LogP contribution is 2.06. The van der Waals surface area contributed by atoms with E-state index in [1.165, 1.54) is 7.05 Å². The van der Waals surface area contributed by atoms with Gasteiger partial charge in [0, 0.05) is 12.6 Å². The Morgan fingerprint density at radius 3 is 2.47 bits per heavy atom. The zero-order valence-corrected chi connectivity index (χ0v) is 8.52. The van der Waals surface area contributed by atoms with Gasteiger partial charge in [0.25, 0.3) is 5.91 Å². The van der Waals surface area contributed by atoms with Crippen molar-refractivity contribution in [3.05, 3.63) is 35.4 Å². The second-order valence-electron chi connectivity index (χ2n) is 3.10. The molecule has 2 amide bonds. The number of carbonyl (C=O) groups is 2. The van der Waals surface area contributed by atoms with Gasteiger partial charge in [-0.2, -0.15) is 0 Å². The fourth-order valence-electron chi connectivity index (χ4n) is 1.09. The lowest BCUT2D eigenvalue weighted by Crippen LogP contribution is -2.42. The molecule has 1 rings (SSSR count). The van der Waals surface area contributed by atoms with Gasteiger partial charge in [-0.05, 0) is 18.6 Å². The Kier molecular flexibility index (Phi) is 3.28. The number of hydrazine groups is 1. The first-order valence-corrected chi connectivity index (χ1v) is 4.35. The van der Waals surface area contributed by atoms with Crippen molar-refractivity contribution in [2.75, 3.05) is 7.05 Å². The van der Waals surface area contributed by atoms with Gasteiger partial charge >= 0.3 is 6.09 Å². The van der Waals surface area contributed by atoms with E-state index in [1.54, 1.807) is 25.1 Å². The number of carbonyl (C=O) groups excluding carboxylic acids is 1. The summed E-state index contributed by atoms with van der Waals surface area (Å²) in [7, 11) is 1.26. The first-order chi connectivity index (χ1) is 7.02. The first kappa shape index (κ1) is 11.0. The number of amides is 2. The second-order valence-corrected chi connectivity index (χ2v) is 3.10. The molecule has 80 valence electrons. The molecular formula is C10H12N2O3. The Hall–Kier alpha value is -2.04. The molecule has 0 aliphatic heterocycles. The summed E-state index contributed by atoms with van der Waals surface area (Å²) in [5.41, 5.74) is 3.49. The van der Waals surface area contributed by atoms with Crippen molar-refractivity contribution in [1.29, 1.82) is 0 Å². The molecule has 0 aliphatic carbocycles. The van der Waals surface area contributed by atoms with E-state index in [0.29, 0.717) is 5.56 Å². The van der Waals surface area contributed by atoms with Crippen molar-refractivity contribution in [3.63, 3.8) is 0 Å². The molecule has 0 aliphatic rings. The van der Waals surface area contributed by atoms with Crippen LogP contribution < -0.4 is 5.43 Å². The van der Waals surface area contributed by atoms with Crippen LogP contribution in [0.5, 0.6) is 0 Å². The fraction of sp³-hybridized carbons (Fsp3) is 0.200. The number of carboxylic acid groups (broad SMARTS) is 1. The molecule has 15 heavy (non-hydrogen) atoms.